The fourth-order valence-corrected chi connectivity index (χ4v) is 1.90. The van der Waals surface area contributed by atoms with Gasteiger partial charge in [-0.1, -0.05) is 12.2 Å². The van der Waals surface area contributed by atoms with Crippen LogP contribution in [-0.4, -0.2) is 21.3 Å². The highest BCUT2D eigenvalue weighted by atomic mass is 16.5. The van der Waals surface area contributed by atoms with Gasteiger partial charge in [-0.2, -0.15) is 0 Å². The van der Waals surface area contributed by atoms with Crippen LogP contribution in [0.5, 0.6) is 17.2 Å². The van der Waals surface area contributed by atoms with E-state index in [1.165, 1.54) is 0 Å². The van der Waals surface area contributed by atoms with Crippen LogP contribution >= 0.6 is 0 Å². The molecule has 20 heavy (non-hydrogen) atoms. The van der Waals surface area contributed by atoms with Crippen molar-refractivity contribution in [3.63, 3.8) is 0 Å². The van der Waals surface area contributed by atoms with Crippen molar-refractivity contribution >= 4 is 12.2 Å². The molecule has 0 atom stereocenters. The molecule has 1 heterocycles. The van der Waals surface area contributed by atoms with E-state index in [-0.39, 0.29) is 0 Å². The van der Waals surface area contributed by atoms with Crippen molar-refractivity contribution in [2.24, 2.45) is 0 Å². The van der Waals surface area contributed by atoms with Crippen molar-refractivity contribution < 1.29 is 19.2 Å². The molecule has 0 fully saturated rings. The Morgan fingerprint density at radius 3 is 1.85 bits per heavy atom. The van der Waals surface area contributed by atoms with E-state index in [4.69, 9.17) is 14.2 Å². The second kappa shape index (κ2) is 6.61. The van der Waals surface area contributed by atoms with Crippen LogP contribution in [0.2, 0.25) is 0 Å². The molecule has 4 heteroatoms. The molecule has 2 rings (SSSR count). The van der Waals surface area contributed by atoms with Crippen molar-refractivity contribution in [2.75, 3.05) is 21.3 Å². The van der Waals surface area contributed by atoms with E-state index in [1.807, 2.05) is 48.8 Å². The molecular formula is C16H18NO3+. The predicted octanol–water partition coefficient (Wildman–Crippen LogP) is 2.70. The highest BCUT2D eigenvalue weighted by Gasteiger charge is 2.11. The zero-order valence-electron chi connectivity index (χ0n) is 11.8. The van der Waals surface area contributed by atoms with Gasteiger partial charge >= 0.3 is 0 Å². The summed E-state index contributed by atoms with van der Waals surface area (Å²) in [5, 5.41) is 0. The van der Waals surface area contributed by atoms with E-state index in [0.29, 0.717) is 17.2 Å². The Bertz CT molecular complexity index is 569. The van der Waals surface area contributed by atoms with Gasteiger partial charge in [0.25, 0.3) is 0 Å². The number of benzene rings is 1. The van der Waals surface area contributed by atoms with E-state index in [2.05, 4.69) is 4.98 Å². The molecule has 1 N–H and O–H groups in total. The van der Waals surface area contributed by atoms with Crippen LogP contribution < -0.4 is 19.2 Å². The minimum absolute atomic E-state index is 0.599. The number of methoxy groups -OCH3 is 3. The average Bonchev–Trinajstić information content (AvgIpc) is 2.52. The van der Waals surface area contributed by atoms with Crippen LogP contribution in [0.1, 0.15) is 11.1 Å². The maximum absolute atomic E-state index is 5.33. The molecule has 0 radical (unpaired) electrons. The number of pyridine rings is 1. The molecular weight excluding hydrogens is 254 g/mol. The quantitative estimate of drug-likeness (QED) is 0.840. The van der Waals surface area contributed by atoms with Gasteiger partial charge in [-0.05, 0) is 23.3 Å². The lowest BCUT2D eigenvalue weighted by molar-refractivity contribution is -0.378. The maximum Gasteiger partial charge on any atom is 0.203 e. The average molecular weight is 272 g/mol. The van der Waals surface area contributed by atoms with E-state index in [0.717, 1.165) is 11.1 Å². The zero-order chi connectivity index (χ0) is 14.4. The smallest absolute Gasteiger partial charge is 0.203 e. The van der Waals surface area contributed by atoms with Crippen LogP contribution in [0.3, 0.4) is 0 Å². The number of hydrogen-bond acceptors (Lipinski definition) is 3. The zero-order valence-corrected chi connectivity index (χ0v) is 11.8. The summed E-state index contributed by atoms with van der Waals surface area (Å²) < 4.78 is 16.0. The van der Waals surface area contributed by atoms with Crippen molar-refractivity contribution in [3.05, 3.63) is 47.8 Å². The standard InChI is InChI=1S/C16H17NO3/c1-18-14-10-13(11-15(19-2)16(14)20-3)5-4-12-6-8-17-9-7-12/h4-11H,1-3H3/p+1/b5-4+. The second-order valence-corrected chi connectivity index (χ2v) is 4.13. The maximum atomic E-state index is 5.33. The number of aromatic amines is 1. The third kappa shape index (κ3) is 3.09. The number of nitrogens with one attached hydrogen (secondary N) is 1. The molecule has 1 aromatic carbocycles. The molecule has 104 valence electrons. The van der Waals surface area contributed by atoms with Gasteiger partial charge in [0.15, 0.2) is 23.9 Å². The number of aromatic nitrogens is 1. The van der Waals surface area contributed by atoms with E-state index in [9.17, 15) is 0 Å². The van der Waals surface area contributed by atoms with Crippen molar-refractivity contribution in [1.82, 2.24) is 0 Å². The summed E-state index contributed by atoms with van der Waals surface area (Å²) in [4.78, 5) is 2.99. The van der Waals surface area contributed by atoms with Gasteiger partial charge in [-0.3, -0.25) is 0 Å². The topological polar surface area (TPSA) is 41.8 Å². The normalized spacial score (nSPS) is 10.6. The Labute approximate surface area is 118 Å². The summed E-state index contributed by atoms with van der Waals surface area (Å²) >= 11 is 0. The fraction of sp³-hybridized carbons (Fsp3) is 0.188. The molecule has 1 aromatic heterocycles. The van der Waals surface area contributed by atoms with Gasteiger partial charge in [-0.15, -0.1) is 0 Å². The van der Waals surface area contributed by atoms with Gasteiger partial charge in [0.05, 0.1) is 21.3 Å². The summed E-state index contributed by atoms with van der Waals surface area (Å²) in [6.07, 6.45) is 7.79. The van der Waals surface area contributed by atoms with Crippen LogP contribution in [0.25, 0.3) is 12.2 Å². The highest BCUT2D eigenvalue weighted by molar-refractivity contribution is 5.72. The predicted molar refractivity (Wildman–Crippen MR) is 78.0 cm³/mol. The molecule has 4 nitrogen and oxygen atoms in total. The van der Waals surface area contributed by atoms with Crippen molar-refractivity contribution in [1.29, 1.82) is 0 Å². The third-order valence-corrected chi connectivity index (χ3v) is 2.90. The fourth-order valence-electron chi connectivity index (χ4n) is 1.90. The van der Waals surface area contributed by atoms with Crippen molar-refractivity contribution in [3.8, 4) is 17.2 Å². The molecule has 0 aliphatic rings. The number of ether oxygens (including phenoxy) is 3. The van der Waals surface area contributed by atoms with E-state index < -0.39 is 0 Å². The Balaban J connectivity index is 2.35. The second-order valence-electron chi connectivity index (χ2n) is 4.13. The molecule has 0 amide bonds. The SMILES string of the molecule is COc1cc(/C=C/c2cc[nH+]cc2)cc(OC)c1OC. The third-order valence-electron chi connectivity index (χ3n) is 2.90. The molecule has 0 bridgehead atoms. The molecule has 0 saturated heterocycles. The lowest BCUT2D eigenvalue weighted by atomic mass is 10.1. The number of rotatable bonds is 5. The van der Waals surface area contributed by atoms with Gasteiger partial charge in [0.2, 0.25) is 5.75 Å². The number of hydrogen-bond donors (Lipinski definition) is 0. The molecule has 0 saturated carbocycles. The van der Waals surface area contributed by atoms with Crippen LogP contribution in [0.4, 0.5) is 0 Å². The Kier molecular flexibility index (Phi) is 4.60. The van der Waals surface area contributed by atoms with Gasteiger partial charge in [0.1, 0.15) is 0 Å². The van der Waals surface area contributed by atoms with Crippen LogP contribution in [0.15, 0.2) is 36.7 Å². The molecule has 0 unspecified atom stereocenters. The van der Waals surface area contributed by atoms with Crippen LogP contribution in [0, 0.1) is 0 Å². The largest absolute Gasteiger partial charge is 0.493 e. The summed E-state index contributed by atoms with van der Waals surface area (Å²) in [6.45, 7) is 0. The van der Waals surface area contributed by atoms with Gasteiger partial charge in [0, 0.05) is 12.1 Å². The van der Waals surface area contributed by atoms with E-state index >= 15 is 0 Å². The first-order chi connectivity index (χ1) is 9.78. The highest BCUT2D eigenvalue weighted by Crippen LogP contribution is 2.38. The first-order valence-electron chi connectivity index (χ1n) is 6.22. The first kappa shape index (κ1) is 13.9. The molecule has 0 aliphatic heterocycles. The summed E-state index contributed by atoms with van der Waals surface area (Å²) in [7, 11) is 4.81. The summed E-state index contributed by atoms with van der Waals surface area (Å²) in [5.74, 6) is 1.89. The molecule has 2 aromatic rings. The van der Waals surface area contributed by atoms with Crippen molar-refractivity contribution in [2.45, 2.75) is 0 Å². The van der Waals surface area contributed by atoms with Gasteiger partial charge < -0.3 is 14.2 Å². The first-order valence-corrected chi connectivity index (χ1v) is 6.22. The monoisotopic (exact) mass is 272 g/mol. The molecule has 0 aliphatic carbocycles. The number of H-pyrrole nitrogens is 1. The summed E-state index contributed by atoms with van der Waals surface area (Å²) in [5.41, 5.74) is 2.09. The van der Waals surface area contributed by atoms with E-state index in [1.54, 1.807) is 21.3 Å². The molecule has 0 spiro atoms. The van der Waals surface area contributed by atoms with Gasteiger partial charge in [-0.25, -0.2) is 4.98 Å². The van der Waals surface area contributed by atoms with Crippen LogP contribution in [-0.2, 0) is 0 Å². The minimum Gasteiger partial charge on any atom is -0.493 e. The Hall–Kier alpha value is -2.49. The minimum atomic E-state index is 0.599. The lowest BCUT2D eigenvalue weighted by Gasteiger charge is -2.12. The Morgan fingerprint density at radius 1 is 0.800 bits per heavy atom. The Morgan fingerprint density at radius 2 is 1.35 bits per heavy atom. The lowest BCUT2D eigenvalue weighted by Crippen LogP contribution is -1.96. The summed E-state index contributed by atoms with van der Waals surface area (Å²) in [6, 6.07) is 7.81.